The van der Waals surface area contributed by atoms with Gasteiger partial charge < -0.3 is 14.6 Å². The van der Waals surface area contributed by atoms with E-state index in [1.165, 1.54) is 11.3 Å². The highest BCUT2D eigenvalue weighted by atomic mass is 16.3. The van der Waals surface area contributed by atoms with Crippen molar-refractivity contribution in [3.05, 3.63) is 90.4 Å². The number of benzene rings is 2. The van der Waals surface area contributed by atoms with E-state index in [0.717, 1.165) is 42.2 Å². The molecule has 3 heterocycles. The van der Waals surface area contributed by atoms with Crippen LogP contribution in [0.25, 0.3) is 11.3 Å². The third kappa shape index (κ3) is 3.72. The number of hydrogen-bond acceptors (Lipinski definition) is 5. The van der Waals surface area contributed by atoms with Crippen LogP contribution in [-0.4, -0.2) is 16.5 Å². The highest BCUT2D eigenvalue weighted by Gasteiger charge is 2.20. The van der Waals surface area contributed by atoms with Gasteiger partial charge in [0.2, 0.25) is 5.95 Å². The molecule has 5 nitrogen and oxygen atoms in total. The van der Waals surface area contributed by atoms with Gasteiger partial charge in [0.05, 0.1) is 18.5 Å². The number of furan rings is 1. The molecule has 0 aliphatic carbocycles. The summed E-state index contributed by atoms with van der Waals surface area (Å²) in [7, 11) is 0. The van der Waals surface area contributed by atoms with Crippen molar-refractivity contribution >= 4 is 17.5 Å². The molecule has 1 aliphatic heterocycles. The van der Waals surface area contributed by atoms with Crippen molar-refractivity contribution in [2.24, 2.45) is 0 Å². The minimum Gasteiger partial charge on any atom is -0.467 e. The molecule has 144 valence electrons. The molecule has 5 heteroatoms. The monoisotopic (exact) mass is 382 g/mol. The van der Waals surface area contributed by atoms with E-state index in [1.54, 1.807) is 6.26 Å². The third-order valence-corrected chi connectivity index (χ3v) is 5.17. The first-order valence-electron chi connectivity index (χ1n) is 9.93. The van der Waals surface area contributed by atoms with Crippen LogP contribution in [0.5, 0.6) is 0 Å². The van der Waals surface area contributed by atoms with Crippen molar-refractivity contribution in [1.29, 1.82) is 0 Å². The largest absolute Gasteiger partial charge is 0.467 e. The molecule has 5 rings (SSSR count). The summed E-state index contributed by atoms with van der Waals surface area (Å²) >= 11 is 0. The molecule has 2 aromatic carbocycles. The maximum atomic E-state index is 5.43. The average molecular weight is 382 g/mol. The van der Waals surface area contributed by atoms with Crippen molar-refractivity contribution in [3.63, 3.8) is 0 Å². The standard InChI is InChI=1S/C24H22N4O/c1-2-8-18(9-3-1)21-16-23(27-24(26-21)25-17-20-12-7-15-29-20)28-14-6-11-19-10-4-5-13-22(19)28/h1-5,7-10,12-13,15-16H,6,11,14,17H2,(H,25,26,27). The molecule has 0 unspecified atom stereocenters. The van der Waals surface area contributed by atoms with Crippen LogP contribution in [-0.2, 0) is 13.0 Å². The van der Waals surface area contributed by atoms with E-state index in [9.17, 15) is 0 Å². The number of rotatable bonds is 5. The number of aromatic nitrogens is 2. The lowest BCUT2D eigenvalue weighted by Gasteiger charge is -2.30. The maximum absolute atomic E-state index is 5.43. The Bertz CT molecular complexity index is 1090. The van der Waals surface area contributed by atoms with Gasteiger partial charge in [-0.15, -0.1) is 0 Å². The van der Waals surface area contributed by atoms with Gasteiger partial charge in [-0.05, 0) is 36.6 Å². The van der Waals surface area contributed by atoms with Gasteiger partial charge in [-0.3, -0.25) is 0 Å². The summed E-state index contributed by atoms with van der Waals surface area (Å²) < 4.78 is 5.43. The lowest BCUT2D eigenvalue weighted by atomic mass is 10.0. The summed E-state index contributed by atoms with van der Waals surface area (Å²) in [5.41, 5.74) is 4.57. The zero-order chi connectivity index (χ0) is 19.5. The van der Waals surface area contributed by atoms with Crippen LogP contribution >= 0.6 is 0 Å². The third-order valence-electron chi connectivity index (χ3n) is 5.17. The molecule has 0 saturated heterocycles. The number of aryl methyl sites for hydroxylation is 1. The predicted octanol–water partition coefficient (Wildman–Crippen LogP) is 5.43. The van der Waals surface area contributed by atoms with Crippen LogP contribution in [0.1, 0.15) is 17.7 Å². The number of hydrogen-bond donors (Lipinski definition) is 1. The molecule has 1 N–H and O–H groups in total. The minimum atomic E-state index is 0.543. The van der Waals surface area contributed by atoms with Gasteiger partial charge in [-0.1, -0.05) is 48.5 Å². The lowest BCUT2D eigenvalue weighted by Crippen LogP contribution is -2.25. The van der Waals surface area contributed by atoms with E-state index in [-0.39, 0.29) is 0 Å². The van der Waals surface area contributed by atoms with Crippen molar-refractivity contribution < 1.29 is 4.42 Å². The van der Waals surface area contributed by atoms with Gasteiger partial charge >= 0.3 is 0 Å². The van der Waals surface area contributed by atoms with Gasteiger partial charge in [0.15, 0.2) is 0 Å². The maximum Gasteiger partial charge on any atom is 0.225 e. The molecular formula is C24H22N4O. The Balaban J connectivity index is 1.55. The lowest BCUT2D eigenvalue weighted by molar-refractivity contribution is 0.517. The van der Waals surface area contributed by atoms with Crippen LogP contribution in [0.3, 0.4) is 0 Å². The van der Waals surface area contributed by atoms with Gasteiger partial charge in [0.25, 0.3) is 0 Å². The zero-order valence-corrected chi connectivity index (χ0v) is 16.1. The molecule has 1 aliphatic rings. The van der Waals surface area contributed by atoms with E-state index >= 15 is 0 Å². The van der Waals surface area contributed by atoms with Crippen LogP contribution in [0.4, 0.5) is 17.5 Å². The Morgan fingerprint density at radius 1 is 0.931 bits per heavy atom. The van der Waals surface area contributed by atoms with E-state index in [0.29, 0.717) is 12.5 Å². The number of anilines is 3. The summed E-state index contributed by atoms with van der Waals surface area (Å²) in [5, 5.41) is 3.32. The smallest absolute Gasteiger partial charge is 0.225 e. The molecular weight excluding hydrogens is 360 g/mol. The molecule has 0 spiro atoms. The molecule has 0 saturated carbocycles. The average Bonchev–Trinajstić information content (AvgIpc) is 3.31. The fourth-order valence-corrected chi connectivity index (χ4v) is 3.76. The van der Waals surface area contributed by atoms with Crippen LogP contribution in [0.2, 0.25) is 0 Å². The Hall–Kier alpha value is -3.60. The SMILES string of the molecule is c1ccc(-c2cc(N3CCCc4ccccc43)nc(NCc3ccco3)n2)cc1. The molecule has 0 bridgehead atoms. The fraction of sp³-hybridized carbons (Fsp3) is 0.167. The molecule has 0 fully saturated rings. The van der Waals surface area contributed by atoms with Crippen molar-refractivity contribution in [2.45, 2.75) is 19.4 Å². The number of nitrogens with zero attached hydrogens (tertiary/aromatic N) is 3. The van der Waals surface area contributed by atoms with Gasteiger partial charge in [-0.2, -0.15) is 4.98 Å². The normalized spacial score (nSPS) is 13.2. The number of fused-ring (bicyclic) bond motifs is 1. The van der Waals surface area contributed by atoms with Crippen molar-refractivity contribution in [3.8, 4) is 11.3 Å². The van der Waals surface area contributed by atoms with Crippen LogP contribution in [0.15, 0.2) is 83.5 Å². The minimum absolute atomic E-state index is 0.543. The van der Waals surface area contributed by atoms with Crippen molar-refractivity contribution in [1.82, 2.24) is 9.97 Å². The molecule has 29 heavy (non-hydrogen) atoms. The highest BCUT2D eigenvalue weighted by Crippen LogP contribution is 2.34. The summed E-state index contributed by atoms with van der Waals surface area (Å²) in [5.74, 6) is 2.36. The number of nitrogens with one attached hydrogen (secondary N) is 1. The second-order valence-electron chi connectivity index (χ2n) is 7.12. The topological polar surface area (TPSA) is 54.2 Å². The highest BCUT2D eigenvalue weighted by molar-refractivity contribution is 5.71. The zero-order valence-electron chi connectivity index (χ0n) is 16.1. The molecule has 0 amide bonds. The summed E-state index contributed by atoms with van der Waals surface area (Å²) in [4.78, 5) is 11.9. The Kier molecular flexibility index (Phi) is 4.70. The molecule has 4 aromatic rings. The Labute approximate surface area is 170 Å². The van der Waals surface area contributed by atoms with E-state index in [2.05, 4.69) is 52.7 Å². The Morgan fingerprint density at radius 3 is 2.66 bits per heavy atom. The van der Waals surface area contributed by atoms with Gasteiger partial charge in [-0.25, -0.2) is 4.98 Å². The van der Waals surface area contributed by atoms with E-state index in [4.69, 9.17) is 14.4 Å². The Morgan fingerprint density at radius 2 is 1.79 bits per heavy atom. The first kappa shape index (κ1) is 17.5. The van der Waals surface area contributed by atoms with Crippen LogP contribution in [0, 0.1) is 0 Å². The van der Waals surface area contributed by atoms with Crippen molar-refractivity contribution in [2.75, 3.05) is 16.8 Å². The summed E-state index contributed by atoms with van der Waals surface area (Å²) in [6.45, 7) is 1.49. The second-order valence-corrected chi connectivity index (χ2v) is 7.12. The molecule has 2 aromatic heterocycles. The molecule has 0 radical (unpaired) electrons. The van der Waals surface area contributed by atoms with E-state index in [1.807, 2.05) is 30.3 Å². The van der Waals surface area contributed by atoms with Crippen LogP contribution < -0.4 is 10.2 Å². The predicted molar refractivity (Wildman–Crippen MR) is 115 cm³/mol. The summed E-state index contributed by atoms with van der Waals surface area (Å²) in [6.07, 6.45) is 3.89. The first-order valence-corrected chi connectivity index (χ1v) is 9.93. The quantitative estimate of drug-likeness (QED) is 0.499. The number of para-hydroxylation sites is 1. The van der Waals surface area contributed by atoms with Gasteiger partial charge in [0.1, 0.15) is 11.6 Å². The van der Waals surface area contributed by atoms with E-state index < -0.39 is 0 Å². The molecule has 0 atom stereocenters. The second kappa shape index (κ2) is 7.80. The van der Waals surface area contributed by atoms with Gasteiger partial charge in [0, 0.05) is 23.9 Å². The summed E-state index contributed by atoms with van der Waals surface area (Å²) in [6, 6.07) is 24.7. The first-order chi connectivity index (χ1) is 14.4. The fourth-order valence-electron chi connectivity index (χ4n) is 3.76.